The van der Waals surface area contributed by atoms with E-state index in [0.717, 1.165) is 21.5 Å². The molecule has 114 valence electrons. The van der Waals surface area contributed by atoms with Crippen LogP contribution in [-0.2, 0) is 6.42 Å². The number of halogens is 1. The lowest BCUT2D eigenvalue weighted by molar-refractivity contribution is 0.0950. The van der Waals surface area contributed by atoms with Crippen molar-refractivity contribution in [3.8, 4) is 5.75 Å². The van der Waals surface area contributed by atoms with E-state index in [1.807, 2.05) is 35.7 Å². The molecule has 3 aromatic rings. The number of aromatic nitrogens is 1. The lowest BCUT2D eigenvalue weighted by Crippen LogP contribution is -2.26. The number of nitrogens with one attached hydrogen (secondary N) is 2. The van der Waals surface area contributed by atoms with Gasteiger partial charge in [-0.25, -0.2) is 0 Å². The molecule has 0 unspecified atom stereocenters. The van der Waals surface area contributed by atoms with Crippen LogP contribution in [0.15, 0.2) is 35.7 Å². The van der Waals surface area contributed by atoms with Gasteiger partial charge in [0.1, 0.15) is 11.4 Å². The Morgan fingerprint density at radius 2 is 2.23 bits per heavy atom. The van der Waals surface area contributed by atoms with Gasteiger partial charge in [-0.05, 0) is 24.1 Å². The molecule has 0 atom stereocenters. The molecular weight excluding hydrogens is 320 g/mol. The Hall–Kier alpha value is -1.98. The molecule has 0 saturated carbocycles. The van der Waals surface area contributed by atoms with Crippen LogP contribution in [0.1, 0.15) is 16.1 Å². The van der Waals surface area contributed by atoms with Crippen molar-refractivity contribution in [3.05, 3.63) is 52.0 Å². The molecule has 0 saturated heterocycles. The minimum Gasteiger partial charge on any atom is -0.496 e. The number of para-hydroxylation sites is 1. The van der Waals surface area contributed by atoms with Gasteiger partial charge < -0.3 is 15.0 Å². The summed E-state index contributed by atoms with van der Waals surface area (Å²) in [5.74, 6) is 0.707. The van der Waals surface area contributed by atoms with E-state index in [1.165, 1.54) is 11.3 Å². The summed E-state index contributed by atoms with van der Waals surface area (Å²) in [6.45, 7) is 0.541. The van der Waals surface area contributed by atoms with E-state index < -0.39 is 0 Å². The second kappa shape index (κ2) is 6.42. The summed E-state index contributed by atoms with van der Waals surface area (Å²) >= 11 is 7.56. The summed E-state index contributed by atoms with van der Waals surface area (Å²) in [7, 11) is 1.65. The zero-order chi connectivity index (χ0) is 15.5. The summed E-state index contributed by atoms with van der Waals surface area (Å²) in [6, 6.07) is 9.62. The van der Waals surface area contributed by atoms with Gasteiger partial charge in [-0.3, -0.25) is 4.79 Å². The van der Waals surface area contributed by atoms with E-state index in [4.69, 9.17) is 16.3 Å². The minimum atomic E-state index is -0.130. The lowest BCUT2D eigenvalue weighted by Gasteiger charge is -2.08. The van der Waals surface area contributed by atoms with E-state index in [-0.39, 0.29) is 5.91 Å². The molecule has 0 bridgehead atoms. The molecule has 0 aliphatic carbocycles. The van der Waals surface area contributed by atoms with Crippen LogP contribution in [0.3, 0.4) is 0 Å². The average molecular weight is 335 g/mol. The summed E-state index contributed by atoms with van der Waals surface area (Å²) < 4.78 is 6.28. The highest BCUT2D eigenvalue weighted by atomic mass is 35.5. The molecule has 2 aromatic heterocycles. The molecule has 0 aliphatic heterocycles. The largest absolute Gasteiger partial charge is 0.496 e. The van der Waals surface area contributed by atoms with Crippen molar-refractivity contribution in [1.82, 2.24) is 10.3 Å². The van der Waals surface area contributed by atoms with Gasteiger partial charge in [0.2, 0.25) is 0 Å². The van der Waals surface area contributed by atoms with Crippen LogP contribution in [0.25, 0.3) is 10.2 Å². The van der Waals surface area contributed by atoms with Crippen LogP contribution < -0.4 is 10.1 Å². The average Bonchev–Trinajstić information content (AvgIpc) is 3.10. The maximum Gasteiger partial charge on any atom is 0.267 e. The van der Waals surface area contributed by atoms with Gasteiger partial charge in [0.05, 0.1) is 22.3 Å². The summed E-state index contributed by atoms with van der Waals surface area (Å²) in [4.78, 5) is 15.2. The molecule has 4 nitrogen and oxygen atoms in total. The van der Waals surface area contributed by atoms with Crippen LogP contribution in [0.4, 0.5) is 0 Å². The number of carbonyl (C=O) groups is 1. The molecule has 0 aliphatic rings. The third-order valence-corrected chi connectivity index (χ3v) is 4.78. The Morgan fingerprint density at radius 3 is 3.00 bits per heavy atom. The van der Waals surface area contributed by atoms with Crippen molar-refractivity contribution in [3.63, 3.8) is 0 Å². The predicted molar refractivity (Wildman–Crippen MR) is 90.2 cm³/mol. The Bertz CT molecular complexity index is 809. The number of aromatic amines is 1. The number of benzene rings is 1. The van der Waals surface area contributed by atoms with Gasteiger partial charge in [0, 0.05) is 11.9 Å². The quantitative estimate of drug-likeness (QED) is 0.744. The Kier molecular flexibility index (Phi) is 4.36. The van der Waals surface area contributed by atoms with Gasteiger partial charge in [-0.1, -0.05) is 29.8 Å². The molecule has 2 N–H and O–H groups in total. The van der Waals surface area contributed by atoms with E-state index in [1.54, 1.807) is 7.11 Å². The first-order valence-corrected chi connectivity index (χ1v) is 8.10. The summed E-state index contributed by atoms with van der Waals surface area (Å²) in [6.07, 6.45) is 0.714. The van der Waals surface area contributed by atoms with E-state index in [9.17, 15) is 4.79 Å². The van der Waals surface area contributed by atoms with Crippen molar-refractivity contribution in [2.45, 2.75) is 6.42 Å². The summed E-state index contributed by atoms with van der Waals surface area (Å²) in [5, 5.41) is 5.40. The standard InChI is InChI=1S/C16H15ClN2O2S/c1-21-13-5-3-2-4-10(13)6-7-18-16(20)12-8-14-15(19-12)11(17)9-22-14/h2-5,8-9,19H,6-7H2,1H3,(H,18,20). The van der Waals surface area contributed by atoms with Crippen molar-refractivity contribution in [2.75, 3.05) is 13.7 Å². The number of thiophene rings is 1. The fraction of sp³-hybridized carbons (Fsp3) is 0.188. The molecule has 1 amide bonds. The molecule has 1 aromatic carbocycles. The monoisotopic (exact) mass is 334 g/mol. The molecular formula is C16H15ClN2O2S. The van der Waals surface area contributed by atoms with Gasteiger partial charge in [0.25, 0.3) is 5.91 Å². The van der Waals surface area contributed by atoms with Crippen molar-refractivity contribution in [2.24, 2.45) is 0 Å². The van der Waals surface area contributed by atoms with Crippen molar-refractivity contribution in [1.29, 1.82) is 0 Å². The number of fused-ring (bicyclic) bond motifs is 1. The van der Waals surface area contributed by atoms with Gasteiger partial charge >= 0.3 is 0 Å². The van der Waals surface area contributed by atoms with E-state index in [0.29, 0.717) is 23.7 Å². The normalized spacial score (nSPS) is 10.8. The maximum absolute atomic E-state index is 12.2. The van der Waals surface area contributed by atoms with E-state index >= 15 is 0 Å². The highest BCUT2D eigenvalue weighted by Gasteiger charge is 2.12. The van der Waals surface area contributed by atoms with Crippen LogP contribution >= 0.6 is 22.9 Å². The predicted octanol–water partition coefficient (Wildman–Crippen LogP) is 3.86. The summed E-state index contributed by atoms with van der Waals surface area (Å²) in [5.41, 5.74) is 2.42. The number of hydrogen-bond donors (Lipinski definition) is 2. The first kappa shape index (κ1) is 14.9. The molecule has 0 fully saturated rings. The van der Waals surface area contributed by atoms with Gasteiger partial charge in [-0.2, -0.15) is 0 Å². The highest BCUT2D eigenvalue weighted by molar-refractivity contribution is 7.17. The highest BCUT2D eigenvalue weighted by Crippen LogP contribution is 2.29. The first-order valence-electron chi connectivity index (χ1n) is 6.85. The molecule has 0 spiro atoms. The number of rotatable bonds is 5. The third-order valence-electron chi connectivity index (χ3n) is 3.43. The smallest absolute Gasteiger partial charge is 0.267 e. The maximum atomic E-state index is 12.2. The second-order valence-corrected chi connectivity index (χ2v) is 6.14. The van der Waals surface area contributed by atoms with Crippen LogP contribution in [-0.4, -0.2) is 24.5 Å². The first-order chi connectivity index (χ1) is 10.7. The zero-order valence-corrected chi connectivity index (χ0v) is 13.6. The topological polar surface area (TPSA) is 54.1 Å². The number of carbonyl (C=O) groups excluding carboxylic acids is 1. The van der Waals surface area contributed by atoms with Gasteiger partial charge in [-0.15, -0.1) is 11.3 Å². The zero-order valence-electron chi connectivity index (χ0n) is 12.0. The van der Waals surface area contributed by atoms with Gasteiger partial charge in [0.15, 0.2) is 0 Å². The fourth-order valence-electron chi connectivity index (χ4n) is 2.32. The fourth-order valence-corrected chi connectivity index (χ4v) is 3.47. The Balaban J connectivity index is 1.62. The van der Waals surface area contributed by atoms with E-state index in [2.05, 4.69) is 10.3 Å². The van der Waals surface area contributed by atoms with Crippen molar-refractivity contribution < 1.29 is 9.53 Å². The Morgan fingerprint density at radius 1 is 1.41 bits per heavy atom. The number of H-pyrrole nitrogens is 1. The second-order valence-electron chi connectivity index (χ2n) is 4.82. The van der Waals surface area contributed by atoms with Crippen LogP contribution in [0.2, 0.25) is 5.02 Å². The molecule has 3 rings (SSSR count). The van der Waals surface area contributed by atoms with Crippen LogP contribution in [0, 0.1) is 0 Å². The number of methoxy groups -OCH3 is 1. The lowest BCUT2D eigenvalue weighted by atomic mass is 10.1. The molecule has 0 radical (unpaired) electrons. The Labute approximate surface area is 137 Å². The van der Waals surface area contributed by atoms with Crippen molar-refractivity contribution >= 4 is 39.1 Å². The van der Waals surface area contributed by atoms with Crippen LogP contribution in [0.5, 0.6) is 5.75 Å². The number of ether oxygens (including phenoxy) is 1. The number of hydrogen-bond acceptors (Lipinski definition) is 3. The number of amides is 1. The SMILES string of the molecule is COc1ccccc1CCNC(=O)c1cc2scc(Cl)c2[nH]1. The molecule has 22 heavy (non-hydrogen) atoms. The third kappa shape index (κ3) is 2.96. The minimum absolute atomic E-state index is 0.130. The molecule has 2 heterocycles. The molecule has 6 heteroatoms.